The van der Waals surface area contributed by atoms with Crippen molar-refractivity contribution in [1.82, 2.24) is 5.32 Å². The molecule has 0 aliphatic carbocycles. The zero-order valence-electron chi connectivity index (χ0n) is 9.82. The van der Waals surface area contributed by atoms with Gasteiger partial charge in [-0.05, 0) is 30.4 Å². The summed E-state index contributed by atoms with van der Waals surface area (Å²) < 4.78 is 0. The largest absolute Gasteiger partial charge is 0.386 e. The molecule has 0 amide bonds. The fourth-order valence-corrected chi connectivity index (χ4v) is 2.20. The highest BCUT2D eigenvalue weighted by atomic mass is 15.0. The molecule has 1 aromatic rings. The van der Waals surface area contributed by atoms with Crippen LogP contribution < -0.4 is 11.1 Å². The topological polar surface area (TPSA) is 38.0 Å². The first-order valence-corrected chi connectivity index (χ1v) is 6.01. The van der Waals surface area contributed by atoms with Crippen LogP contribution in [0.3, 0.4) is 0 Å². The lowest BCUT2D eigenvalue weighted by Gasteiger charge is -2.16. The van der Waals surface area contributed by atoms with Crippen LogP contribution in [-0.2, 0) is 6.42 Å². The first-order chi connectivity index (χ1) is 7.75. The van der Waals surface area contributed by atoms with Crippen molar-refractivity contribution >= 4 is 0 Å². The summed E-state index contributed by atoms with van der Waals surface area (Å²) >= 11 is 0. The Morgan fingerprint density at radius 3 is 2.75 bits per heavy atom. The fourth-order valence-electron chi connectivity index (χ4n) is 2.20. The van der Waals surface area contributed by atoms with Crippen molar-refractivity contribution < 1.29 is 0 Å². The van der Waals surface area contributed by atoms with E-state index in [1.807, 2.05) is 0 Å². The summed E-state index contributed by atoms with van der Waals surface area (Å²) in [6.45, 7) is 3.31. The Kier molecular flexibility index (Phi) is 3.50. The molecular weight excluding hydrogens is 196 g/mol. The summed E-state index contributed by atoms with van der Waals surface area (Å²) in [7, 11) is 0. The molecule has 1 heterocycles. The molecule has 1 unspecified atom stereocenters. The van der Waals surface area contributed by atoms with Gasteiger partial charge in [-0.2, -0.15) is 0 Å². The average Bonchev–Trinajstić information content (AvgIpc) is 2.74. The highest BCUT2D eigenvalue weighted by Gasteiger charge is 2.19. The minimum absolute atomic E-state index is 0.601. The van der Waals surface area contributed by atoms with Gasteiger partial charge in [-0.3, -0.25) is 0 Å². The number of nitrogens with one attached hydrogen (secondary N) is 1. The van der Waals surface area contributed by atoms with Crippen molar-refractivity contribution in [1.29, 1.82) is 0 Å². The molecule has 0 radical (unpaired) electrons. The first kappa shape index (κ1) is 11.1. The predicted molar refractivity (Wildman–Crippen MR) is 67.7 cm³/mol. The standard InChI is InChI=1S/C14H20N2/c1-11(13-9-14(15)16-10-13)7-8-12-5-3-2-4-6-12/h2-6,9,11,13,16H,7-8,10,15H2,1H3/t11?,13-/m0/s1. The van der Waals surface area contributed by atoms with Crippen LogP contribution in [0.4, 0.5) is 0 Å². The predicted octanol–water partition coefficient (Wildman–Crippen LogP) is 2.27. The van der Waals surface area contributed by atoms with Crippen molar-refractivity contribution in [2.24, 2.45) is 17.6 Å². The monoisotopic (exact) mass is 216 g/mol. The van der Waals surface area contributed by atoms with Gasteiger partial charge in [0.2, 0.25) is 0 Å². The van der Waals surface area contributed by atoms with E-state index in [0.717, 1.165) is 18.8 Å². The molecule has 0 saturated carbocycles. The van der Waals surface area contributed by atoms with E-state index in [1.165, 1.54) is 12.0 Å². The quantitative estimate of drug-likeness (QED) is 0.810. The Balaban J connectivity index is 1.82. The van der Waals surface area contributed by atoms with Crippen LogP contribution in [-0.4, -0.2) is 6.54 Å². The van der Waals surface area contributed by atoms with Crippen molar-refractivity contribution in [3.63, 3.8) is 0 Å². The highest BCUT2D eigenvalue weighted by molar-refractivity contribution is 5.15. The second kappa shape index (κ2) is 5.06. The van der Waals surface area contributed by atoms with Crippen molar-refractivity contribution in [3.8, 4) is 0 Å². The smallest absolute Gasteiger partial charge is 0.0922 e. The molecule has 86 valence electrons. The van der Waals surface area contributed by atoms with Gasteiger partial charge in [0.05, 0.1) is 5.82 Å². The van der Waals surface area contributed by atoms with E-state index in [1.54, 1.807) is 0 Å². The lowest BCUT2D eigenvalue weighted by molar-refractivity contribution is 0.410. The molecule has 0 spiro atoms. The molecule has 16 heavy (non-hydrogen) atoms. The minimum atomic E-state index is 0.601. The number of nitrogens with two attached hydrogens (primary N) is 1. The van der Waals surface area contributed by atoms with Gasteiger partial charge in [0.15, 0.2) is 0 Å². The van der Waals surface area contributed by atoms with Gasteiger partial charge in [0, 0.05) is 12.5 Å². The fraction of sp³-hybridized carbons (Fsp3) is 0.429. The van der Waals surface area contributed by atoms with E-state index in [9.17, 15) is 0 Å². The van der Waals surface area contributed by atoms with Crippen LogP contribution in [0.1, 0.15) is 18.9 Å². The Bertz CT molecular complexity index is 356. The highest BCUT2D eigenvalue weighted by Crippen LogP contribution is 2.22. The number of benzene rings is 1. The maximum Gasteiger partial charge on any atom is 0.0922 e. The van der Waals surface area contributed by atoms with E-state index >= 15 is 0 Å². The minimum Gasteiger partial charge on any atom is -0.386 e. The third-order valence-corrected chi connectivity index (χ3v) is 3.40. The second-order valence-corrected chi connectivity index (χ2v) is 4.67. The molecule has 0 saturated heterocycles. The van der Waals surface area contributed by atoms with Gasteiger partial charge in [-0.15, -0.1) is 0 Å². The molecule has 2 nitrogen and oxygen atoms in total. The SMILES string of the molecule is CC(CCc1ccccc1)[C@H]1C=C(N)NC1. The molecule has 3 N–H and O–H groups in total. The third-order valence-electron chi connectivity index (χ3n) is 3.40. The summed E-state index contributed by atoms with van der Waals surface area (Å²) in [6.07, 6.45) is 4.54. The van der Waals surface area contributed by atoms with Gasteiger partial charge < -0.3 is 11.1 Å². The lowest BCUT2D eigenvalue weighted by Crippen LogP contribution is -2.19. The second-order valence-electron chi connectivity index (χ2n) is 4.67. The van der Waals surface area contributed by atoms with Crippen molar-refractivity contribution in [3.05, 3.63) is 47.8 Å². The summed E-state index contributed by atoms with van der Waals surface area (Å²) in [5.41, 5.74) is 7.15. The Morgan fingerprint density at radius 2 is 2.12 bits per heavy atom. The maximum absolute atomic E-state index is 5.72. The molecule has 2 heteroatoms. The molecule has 1 aromatic carbocycles. The average molecular weight is 216 g/mol. The summed E-state index contributed by atoms with van der Waals surface area (Å²) in [4.78, 5) is 0. The van der Waals surface area contributed by atoms with Crippen molar-refractivity contribution in [2.45, 2.75) is 19.8 Å². The number of hydrogen-bond acceptors (Lipinski definition) is 2. The van der Waals surface area contributed by atoms with Gasteiger partial charge in [0.1, 0.15) is 0 Å². The zero-order valence-corrected chi connectivity index (χ0v) is 9.82. The van der Waals surface area contributed by atoms with E-state index < -0.39 is 0 Å². The zero-order chi connectivity index (χ0) is 11.4. The van der Waals surface area contributed by atoms with Crippen LogP contribution in [0.5, 0.6) is 0 Å². The Morgan fingerprint density at radius 1 is 1.38 bits per heavy atom. The number of rotatable bonds is 4. The van der Waals surface area contributed by atoms with Crippen LogP contribution in [0.15, 0.2) is 42.2 Å². The number of hydrogen-bond donors (Lipinski definition) is 2. The van der Waals surface area contributed by atoms with Gasteiger partial charge >= 0.3 is 0 Å². The van der Waals surface area contributed by atoms with Crippen LogP contribution >= 0.6 is 0 Å². The van der Waals surface area contributed by atoms with E-state index in [2.05, 4.69) is 48.6 Å². The van der Waals surface area contributed by atoms with Crippen molar-refractivity contribution in [2.75, 3.05) is 6.54 Å². The van der Waals surface area contributed by atoms with E-state index in [0.29, 0.717) is 11.8 Å². The van der Waals surface area contributed by atoms with Gasteiger partial charge in [-0.25, -0.2) is 0 Å². The maximum atomic E-state index is 5.72. The molecule has 0 bridgehead atoms. The van der Waals surface area contributed by atoms with E-state index in [4.69, 9.17) is 5.73 Å². The molecule has 1 aliphatic heterocycles. The van der Waals surface area contributed by atoms with Gasteiger partial charge in [-0.1, -0.05) is 37.3 Å². The number of aryl methyl sites for hydroxylation is 1. The Labute approximate surface area is 97.5 Å². The van der Waals surface area contributed by atoms with E-state index in [-0.39, 0.29) is 0 Å². The normalized spacial score (nSPS) is 21.3. The molecular formula is C14H20N2. The molecule has 2 rings (SSSR count). The lowest BCUT2D eigenvalue weighted by atomic mass is 9.89. The first-order valence-electron chi connectivity index (χ1n) is 6.01. The summed E-state index contributed by atoms with van der Waals surface area (Å²) in [5.74, 6) is 2.13. The molecule has 0 fully saturated rings. The van der Waals surface area contributed by atoms with Crippen LogP contribution in [0.25, 0.3) is 0 Å². The third kappa shape index (κ3) is 2.78. The van der Waals surface area contributed by atoms with Crippen LogP contribution in [0, 0.1) is 11.8 Å². The molecule has 0 aromatic heterocycles. The summed E-state index contributed by atoms with van der Waals surface area (Å²) in [5, 5.41) is 3.19. The summed E-state index contributed by atoms with van der Waals surface area (Å²) in [6, 6.07) is 10.7. The Hall–Kier alpha value is -1.44. The molecule has 1 aliphatic rings. The van der Waals surface area contributed by atoms with Crippen LogP contribution in [0.2, 0.25) is 0 Å². The van der Waals surface area contributed by atoms with Gasteiger partial charge in [0.25, 0.3) is 0 Å². The molecule has 2 atom stereocenters.